The number of methoxy groups -OCH3 is 1. The van der Waals surface area contributed by atoms with Crippen molar-refractivity contribution in [3.8, 4) is 0 Å². The second kappa shape index (κ2) is 6.56. The summed E-state index contributed by atoms with van der Waals surface area (Å²) in [5.41, 5.74) is -0.491. The van der Waals surface area contributed by atoms with Crippen molar-refractivity contribution in [2.24, 2.45) is 5.41 Å². The number of esters is 2. The number of carbonyl (C=O) groups is 2. The van der Waals surface area contributed by atoms with Crippen LogP contribution in [0.15, 0.2) is 0 Å². The number of hydrogen-bond acceptors (Lipinski definition) is 6. The molecule has 116 valence electrons. The molecule has 0 aromatic heterocycles. The van der Waals surface area contributed by atoms with Crippen molar-refractivity contribution in [3.63, 3.8) is 0 Å². The quantitative estimate of drug-likeness (QED) is 0.624. The molecular formula is C13H22O6S. The second-order valence-corrected chi connectivity index (χ2v) is 7.80. The minimum absolute atomic E-state index is 0.0737. The van der Waals surface area contributed by atoms with E-state index in [4.69, 9.17) is 4.74 Å². The molecular weight excluding hydrogens is 284 g/mol. The summed E-state index contributed by atoms with van der Waals surface area (Å²) in [6, 6.07) is 0. The van der Waals surface area contributed by atoms with Crippen LogP contribution < -0.4 is 0 Å². The van der Waals surface area contributed by atoms with Gasteiger partial charge in [-0.05, 0) is 32.1 Å². The van der Waals surface area contributed by atoms with E-state index in [1.54, 1.807) is 6.92 Å². The molecule has 0 heterocycles. The third-order valence-electron chi connectivity index (χ3n) is 3.58. The summed E-state index contributed by atoms with van der Waals surface area (Å²) in [4.78, 5) is 22.6. The van der Waals surface area contributed by atoms with Crippen molar-refractivity contribution in [3.05, 3.63) is 0 Å². The fraction of sp³-hybridized carbons (Fsp3) is 0.846. The molecule has 0 spiro atoms. The highest BCUT2D eigenvalue weighted by Gasteiger charge is 2.48. The lowest BCUT2D eigenvalue weighted by atomic mass is 10.1. The van der Waals surface area contributed by atoms with Crippen molar-refractivity contribution in [2.45, 2.75) is 44.8 Å². The van der Waals surface area contributed by atoms with Gasteiger partial charge in [-0.2, -0.15) is 0 Å². The van der Waals surface area contributed by atoms with Crippen LogP contribution in [0.1, 0.15) is 39.5 Å². The van der Waals surface area contributed by atoms with Crippen LogP contribution in [0.5, 0.6) is 0 Å². The molecule has 0 aliphatic heterocycles. The maximum atomic E-state index is 12.2. The Morgan fingerprint density at radius 2 is 1.85 bits per heavy atom. The molecule has 20 heavy (non-hydrogen) atoms. The van der Waals surface area contributed by atoms with E-state index >= 15 is 0 Å². The van der Waals surface area contributed by atoms with Gasteiger partial charge in [0.2, 0.25) is 0 Å². The molecule has 1 atom stereocenters. The van der Waals surface area contributed by atoms with Crippen molar-refractivity contribution >= 4 is 21.8 Å². The Balaban J connectivity index is 2.61. The first kappa shape index (κ1) is 16.9. The van der Waals surface area contributed by atoms with Gasteiger partial charge in [0.25, 0.3) is 0 Å². The first-order valence-electron chi connectivity index (χ1n) is 6.69. The molecule has 7 heteroatoms. The molecule has 0 saturated heterocycles. The van der Waals surface area contributed by atoms with E-state index in [9.17, 15) is 18.0 Å². The summed E-state index contributed by atoms with van der Waals surface area (Å²) in [5.74, 6) is -0.979. The fourth-order valence-corrected chi connectivity index (χ4v) is 4.00. The highest BCUT2D eigenvalue weighted by atomic mass is 32.2. The summed E-state index contributed by atoms with van der Waals surface area (Å²) in [5, 5.41) is -0.795. The normalized spacial score (nSPS) is 18.1. The molecule has 1 aliphatic carbocycles. The SMILES string of the molecule is CCOC(=O)CC(C)S(=O)(=O)CC1(CC(=O)OC)CC1. The van der Waals surface area contributed by atoms with E-state index in [0.717, 1.165) is 0 Å². The first-order valence-corrected chi connectivity index (χ1v) is 8.40. The van der Waals surface area contributed by atoms with E-state index in [2.05, 4.69) is 4.74 Å². The molecule has 0 bridgehead atoms. The Morgan fingerprint density at radius 1 is 1.25 bits per heavy atom. The number of ether oxygens (including phenoxy) is 2. The van der Waals surface area contributed by atoms with Gasteiger partial charge in [-0.3, -0.25) is 9.59 Å². The van der Waals surface area contributed by atoms with Gasteiger partial charge in [0.1, 0.15) is 0 Å². The molecule has 1 saturated carbocycles. The third kappa shape index (κ3) is 4.77. The average molecular weight is 306 g/mol. The molecule has 1 unspecified atom stereocenters. The van der Waals surface area contributed by atoms with Gasteiger partial charge in [-0.25, -0.2) is 8.42 Å². The van der Waals surface area contributed by atoms with Crippen molar-refractivity contribution < 1.29 is 27.5 Å². The number of carbonyl (C=O) groups excluding carboxylic acids is 2. The summed E-state index contributed by atoms with van der Waals surface area (Å²) in [7, 11) is -2.14. The summed E-state index contributed by atoms with van der Waals surface area (Å²) in [6.07, 6.45) is 1.38. The van der Waals surface area contributed by atoms with Crippen LogP contribution in [0.2, 0.25) is 0 Å². The molecule has 6 nitrogen and oxygen atoms in total. The Kier molecular flexibility index (Phi) is 5.56. The van der Waals surface area contributed by atoms with Crippen LogP contribution in [0.3, 0.4) is 0 Å². The van der Waals surface area contributed by atoms with Crippen molar-refractivity contribution in [1.29, 1.82) is 0 Å². The van der Waals surface area contributed by atoms with E-state index in [0.29, 0.717) is 12.8 Å². The smallest absolute Gasteiger partial charge is 0.307 e. The van der Waals surface area contributed by atoms with Gasteiger partial charge >= 0.3 is 11.9 Å². The predicted molar refractivity (Wildman–Crippen MR) is 72.8 cm³/mol. The molecule has 0 amide bonds. The van der Waals surface area contributed by atoms with Gasteiger partial charge in [0.15, 0.2) is 9.84 Å². The van der Waals surface area contributed by atoms with E-state index in [1.807, 2.05) is 0 Å². The second-order valence-electron chi connectivity index (χ2n) is 5.38. The highest BCUT2D eigenvalue weighted by Crippen LogP contribution is 2.50. The lowest BCUT2D eigenvalue weighted by Gasteiger charge is -2.17. The molecule has 0 aromatic rings. The fourth-order valence-electron chi connectivity index (χ4n) is 2.08. The summed E-state index contributed by atoms with van der Waals surface area (Å²) >= 11 is 0. The predicted octanol–water partition coefficient (Wildman–Crippen LogP) is 1.09. The van der Waals surface area contributed by atoms with Gasteiger partial charge < -0.3 is 9.47 Å². The maximum Gasteiger partial charge on any atom is 0.307 e. The number of sulfone groups is 1. The Morgan fingerprint density at radius 3 is 2.30 bits per heavy atom. The van der Waals surface area contributed by atoms with Gasteiger partial charge in [0, 0.05) is 0 Å². The van der Waals surface area contributed by atoms with Crippen LogP contribution >= 0.6 is 0 Å². The van der Waals surface area contributed by atoms with Gasteiger partial charge in [-0.15, -0.1) is 0 Å². The summed E-state index contributed by atoms with van der Waals surface area (Å²) < 4.78 is 33.8. The van der Waals surface area contributed by atoms with E-state index < -0.39 is 32.4 Å². The molecule has 0 aromatic carbocycles. The molecule has 0 N–H and O–H groups in total. The van der Waals surface area contributed by atoms with Crippen LogP contribution in [-0.2, 0) is 28.9 Å². The minimum Gasteiger partial charge on any atom is -0.469 e. The van der Waals surface area contributed by atoms with Crippen LogP contribution in [0, 0.1) is 5.41 Å². The summed E-state index contributed by atoms with van der Waals surface area (Å²) in [6.45, 7) is 3.41. The van der Waals surface area contributed by atoms with Crippen molar-refractivity contribution in [1.82, 2.24) is 0 Å². The molecule has 1 rings (SSSR count). The molecule has 0 radical (unpaired) electrons. The van der Waals surface area contributed by atoms with E-state index in [1.165, 1.54) is 14.0 Å². The molecule has 1 aliphatic rings. The zero-order valence-electron chi connectivity index (χ0n) is 12.2. The molecule has 1 fully saturated rings. The van der Waals surface area contributed by atoms with Crippen molar-refractivity contribution in [2.75, 3.05) is 19.5 Å². The Labute approximate surface area is 119 Å². The first-order chi connectivity index (χ1) is 9.24. The maximum absolute atomic E-state index is 12.2. The zero-order chi connectivity index (χ0) is 15.4. The Bertz CT molecular complexity index is 463. The van der Waals surface area contributed by atoms with Crippen LogP contribution in [0.4, 0.5) is 0 Å². The average Bonchev–Trinajstić information content (AvgIpc) is 3.07. The third-order valence-corrected chi connectivity index (χ3v) is 5.99. The highest BCUT2D eigenvalue weighted by molar-refractivity contribution is 7.92. The van der Waals surface area contributed by atoms with Crippen LogP contribution in [-0.4, -0.2) is 45.1 Å². The zero-order valence-corrected chi connectivity index (χ0v) is 13.0. The lowest BCUT2D eigenvalue weighted by Crippen LogP contribution is -2.30. The standard InChI is InChI=1S/C13H22O6S/c1-4-19-11(14)7-10(2)20(16,17)9-13(5-6-13)8-12(15)18-3/h10H,4-9H2,1-3H3. The number of hydrogen-bond donors (Lipinski definition) is 0. The van der Waals surface area contributed by atoms with E-state index in [-0.39, 0.29) is 25.2 Å². The largest absolute Gasteiger partial charge is 0.469 e. The topological polar surface area (TPSA) is 86.7 Å². The monoisotopic (exact) mass is 306 g/mol. The number of rotatable bonds is 8. The van der Waals surface area contributed by atoms with Crippen LogP contribution in [0.25, 0.3) is 0 Å². The lowest BCUT2D eigenvalue weighted by molar-refractivity contribution is -0.143. The van der Waals surface area contributed by atoms with Gasteiger partial charge in [-0.1, -0.05) is 0 Å². The Hall–Kier alpha value is -1.11. The van der Waals surface area contributed by atoms with Gasteiger partial charge in [0.05, 0.1) is 37.6 Å². The minimum atomic E-state index is -3.43.